The van der Waals surface area contributed by atoms with E-state index < -0.39 is 10.0 Å². The largest absolute Gasteiger partial charge is 0.392 e. The average Bonchev–Trinajstić information content (AvgIpc) is 2.57. The third-order valence-electron chi connectivity index (χ3n) is 3.63. The number of sulfonamides is 1. The van der Waals surface area contributed by atoms with E-state index in [1.165, 1.54) is 12.8 Å². The molecule has 0 bridgehead atoms. The Hall–Kier alpha value is -0.920. The zero-order valence-electron chi connectivity index (χ0n) is 11.1. The van der Waals surface area contributed by atoms with Gasteiger partial charge in [-0.2, -0.15) is 5.10 Å². The first-order chi connectivity index (χ1) is 9.04. The number of aromatic amines is 1. The Bertz CT molecular complexity index is 516. The number of aromatic nitrogens is 2. The van der Waals surface area contributed by atoms with E-state index in [4.69, 9.17) is 0 Å². The van der Waals surface area contributed by atoms with Gasteiger partial charge in [-0.1, -0.05) is 25.7 Å². The van der Waals surface area contributed by atoms with Gasteiger partial charge >= 0.3 is 0 Å². The lowest BCUT2D eigenvalue weighted by atomic mass is 10.1. The molecule has 1 aromatic rings. The molecular weight excluding hydrogens is 266 g/mol. The summed E-state index contributed by atoms with van der Waals surface area (Å²) in [6.45, 7) is 1.37. The summed E-state index contributed by atoms with van der Waals surface area (Å²) < 4.78 is 27.3. The van der Waals surface area contributed by atoms with Crippen LogP contribution >= 0.6 is 0 Å². The van der Waals surface area contributed by atoms with Crippen molar-refractivity contribution in [1.82, 2.24) is 14.9 Å². The highest BCUT2D eigenvalue weighted by molar-refractivity contribution is 7.89. The molecule has 0 radical (unpaired) electrons. The van der Waals surface area contributed by atoms with E-state index in [2.05, 4.69) is 14.9 Å². The molecular formula is C12H21N3O3S. The molecule has 1 aliphatic rings. The number of hydrogen-bond acceptors (Lipinski definition) is 4. The fourth-order valence-corrected chi connectivity index (χ4v) is 4.00. The lowest BCUT2D eigenvalue weighted by Crippen LogP contribution is -2.35. The molecule has 1 saturated carbocycles. The maximum atomic E-state index is 12.3. The second-order valence-electron chi connectivity index (χ2n) is 5.10. The summed E-state index contributed by atoms with van der Waals surface area (Å²) >= 11 is 0. The first-order valence-electron chi connectivity index (χ1n) is 6.71. The molecule has 19 heavy (non-hydrogen) atoms. The molecule has 1 fully saturated rings. The van der Waals surface area contributed by atoms with Gasteiger partial charge in [0.2, 0.25) is 0 Å². The highest BCUT2D eigenvalue weighted by Crippen LogP contribution is 2.21. The smallest absolute Gasteiger partial charge is 0.260 e. The molecule has 1 heterocycles. The van der Waals surface area contributed by atoms with Gasteiger partial charge in [0.05, 0.1) is 6.61 Å². The van der Waals surface area contributed by atoms with E-state index >= 15 is 0 Å². The summed E-state index contributed by atoms with van der Waals surface area (Å²) in [7, 11) is -3.65. The monoisotopic (exact) mass is 287 g/mol. The van der Waals surface area contributed by atoms with Crippen molar-refractivity contribution in [3.63, 3.8) is 0 Å². The molecule has 1 aromatic heterocycles. The molecule has 0 atom stereocenters. The van der Waals surface area contributed by atoms with Gasteiger partial charge in [0.15, 0.2) is 5.03 Å². The molecule has 108 valence electrons. The molecule has 7 heteroatoms. The molecule has 0 saturated heterocycles. The van der Waals surface area contributed by atoms with Crippen LogP contribution in [-0.4, -0.2) is 29.8 Å². The quantitative estimate of drug-likeness (QED) is 0.725. The molecule has 0 spiro atoms. The van der Waals surface area contributed by atoms with Crippen LogP contribution in [0.25, 0.3) is 0 Å². The highest BCUT2D eigenvalue weighted by atomic mass is 32.2. The minimum absolute atomic E-state index is 0.0175. The van der Waals surface area contributed by atoms with E-state index in [1.807, 2.05) is 0 Å². The second kappa shape index (κ2) is 6.02. The molecule has 3 N–H and O–H groups in total. The number of H-pyrrole nitrogens is 1. The lowest BCUT2D eigenvalue weighted by Gasteiger charge is -2.15. The van der Waals surface area contributed by atoms with Crippen molar-refractivity contribution in [1.29, 1.82) is 0 Å². The highest BCUT2D eigenvalue weighted by Gasteiger charge is 2.26. The zero-order chi connectivity index (χ0) is 13.9. The number of aliphatic hydroxyl groups excluding tert-OH is 1. The maximum absolute atomic E-state index is 12.3. The van der Waals surface area contributed by atoms with Crippen LogP contribution in [-0.2, 0) is 16.6 Å². The van der Waals surface area contributed by atoms with Crippen LogP contribution in [0.2, 0.25) is 0 Å². The van der Waals surface area contributed by atoms with Gasteiger partial charge in [-0.3, -0.25) is 5.10 Å². The molecule has 0 aliphatic heterocycles. The van der Waals surface area contributed by atoms with Crippen LogP contribution in [0.4, 0.5) is 0 Å². The minimum atomic E-state index is -3.65. The van der Waals surface area contributed by atoms with E-state index in [1.54, 1.807) is 6.92 Å². The number of rotatable bonds is 4. The molecule has 0 amide bonds. The van der Waals surface area contributed by atoms with Crippen LogP contribution in [0.3, 0.4) is 0 Å². The van der Waals surface area contributed by atoms with Gasteiger partial charge in [-0.15, -0.1) is 0 Å². The Balaban J connectivity index is 2.17. The van der Waals surface area contributed by atoms with Gasteiger partial charge in [0, 0.05) is 17.3 Å². The first kappa shape index (κ1) is 14.5. The Kier molecular flexibility index (Phi) is 4.59. The third-order valence-corrected chi connectivity index (χ3v) is 5.12. The Labute approximate surface area is 113 Å². The topological polar surface area (TPSA) is 95.1 Å². The van der Waals surface area contributed by atoms with E-state index in [-0.39, 0.29) is 17.7 Å². The van der Waals surface area contributed by atoms with Gasteiger partial charge in [0.25, 0.3) is 10.0 Å². The molecule has 0 unspecified atom stereocenters. The van der Waals surface area contributed by atoms with Crippen molar-refractivity contribution in [2.24, 2.45) is 0 Å². The molecule has 0 aromatic carbocycles. The molecule has 2 rings (SSSR count). The van der Waals surface area contributed by atoms with Crippen molar-refractivity contribution in [3.8, 4) is 0 Å². The standard InChI is InChI=1S/C12H21N3O3S/c1-9-11(8-16)12(14-13-9)19(17,18)15-10-6-4-2-3-5-7-10/h10,15-16H,2-8H2,1H3,(H,13,14). The van der Waals surface area contributed by atoms with Crippen LogP contribution in [0.5, 0.6) is 0 Å². The summed E-state index contributed by atoms with van der Waals surface area (Å²) in [5, 5.41) is 15.6. The number of nitrogens with one attached hydrogen (secondary N) is 2. The lowest BCUT2D eigenvalue weighted by molar-refractivity contribution is 0.277. The molecule has 1 aliphatic carbocycles. The number of aryl methyl sites for hydroxylation is 1. The summed E-state index contributed by atoms with van der Waals surface area (Å²) in [5.41, 5.74) is 0.935. The number of aliphatic hydroxyl groups is 1. The van der Waals surface area contributed by atoms with Crippen LogP contribution in [0.15, 0.2) is 5.03 Å². The van der Waals surface area contributed by atoms with Gasteiger partial charge in [0.1, 0.15) is 0 Å². The Morgan fingerprint density at radius 3 is 2.53 bits per heavy atom. The SMILES string of the molecule is Cc1[nH]nc(S(=O)(=O)NC2CCCCCC2)c1CO. The zero-order valence-corrected chi connectivity index (χ0v) is 12.0. The predicted octanol–water partition coefficient (Wildman–Crippen LogP) is 1.21. The second-order valence-corrected chi connectivity index (χ2v) is 6.73. The Morgan fingerprint density at radius 2 is 1.95 bits per heavy atom. The summed E-state index contributed by atoms with van der Waals surface area (Å²) in [4.78, 5) is 0. The van der Waals surface area contributed by atoms with Crippen LogP contribution in [0, 0.1) is 6.92 Å². The fraction of sp³-hybridized carbons (Fsp3) is 0.750. The maximum Gasteiger partial charge on any atom is 0.260 e. The number of hydrogen-bond donors (Lipinski definition) is 3. The number of nitrogens with zero attached hydrogens (tertiary/aromatic N) is 1. The van der Waals surface area contributed by atoms with E-state index in [0.717, 1.165) is 25.7 Å². The van der Waals surface area contributed by atoms with Crippen molar-refractivity contribution < 1.29 is 13.5 Å². The normalized spacial score (nSPS) is 18.4. The fourth-order valence-electron chi connectivity index (χ4n) is 2.51. The van der Waals surface area contributed by atoms with Crippen molar-refractivity contribution >= 4 is 10.0 Å². The minimum Gasteiger partial charge on any atom is -0.392 e. The average molecular weight is 287 g/mol. The van der Waals surface area contributed by atoms with Crippen molar-refractivity contribution in [2.45, 2.75) is 63.1 Å². The summed E-state index contributed by atoms with van der Waals surface area (Å²) in [5.74, 6) is 0. The van der Waals surface area contributed by atoms with E-state index in [9.17, 15) is 13.5 Å². The van der Waals surface area contributed by atoms with E-state index in [0.29, 0.717) is 11.3 Å². The van der Waals surface area contributed by atoms with Crippen molar-refractivity contribution in [3.05, 3.63) is 11.3 Å². The van der Waals surface area contributed by atoms with Gasteiger partial charge in [-0.25, -0.2) is 13.1 Å². The van der Waals surface area contributed by atoms with Crippen LogP contribution in [0.1, 0.15) is 49.8 Å². The van der Waals surface area contributed by atoms with Crippen LogP contribution < -0.4 is 4.72 Å². The molecule has 6 nitrogen and oxygen atoms in total. The first-order valence-corrected chi connectivity index (χ1v) is 8.20. The Morgan fingerprint density at radius 1 is 1.32 bits per heavy atom. The van der Waals surface area contributed by atoms with Gasteiger partial charge < -0.3 is 5.11 Å². The van der Waals surface area contributed by atoms with Crippen molar-refractivity contribution in [2.75, 3.05) is 0 Å². The summed E-state index contributed by atoms with van der Waals surface area (Å²) in [6.07, 6.45) is 6.19. The summed E-state index contributed by atoms with van der Waals surface area (Å²) in [6, 6.07) is -0.0175. The third kappa shape index (κ3) is 3.34. The predicted molar refractivity (Wildman–Crippen MR) is 71.1 cm³/mol. The van der Waals surface area contributed by atoms with Gasteiger partial charge in [-0.05, 0) is 19.8 Å².